The molecule has 130 valence electrons. The Morgan fingerprint density at radius 2 is 1.88 bits per heavy atom. The van der Waals surface area contributed by atoms with Crippen LogP contribution in [-0.4, -0.2) is 30.4 Å². The van der Waals surface area contributed by atoms with Crippen LogP contribution in [0.15, 0.2) is 18.2 Å². The number of esters is 2. The summed E-state index contributed by atoms with van der Waals surface area (Å²) in [5.41, 5.74) is 1.64. The number of carbonyl (C=O) groups is 3. The molecule has 0 amide bonds. The lowest BCUT2D eigenvalue weighted by Crippen LogP contribution is -2.41. The van der Waals surface area contributed by atoms with Crippen molar-refractivity contribution < 1.29 is 23.9 Å². The second kappa shape index (κ2) is 6.38. The molecule has 0 N–H and O–H groups in total. The normalized spacial score (nSPS) is 23.5. The summed E-state index contributed by atoms with van der Waals surface area (Å²) in [7, 11) is 1.23. The Kier molecular flexibility index (Phi) is 4.83. The summed E-state index contributed by atoms with van der Waals surface area (Å²) < 4.78 is 10.1. The van der Waals surface area contributed by atoms with Gasteiger partial charge in [-0.15, -0.1) is 0 Å². The Balaban J connectivity index is 2.41. The Labute approximate surface area is 142 Å². The van der Waals surface area contributed by atoms with Crippen LogP contribution in [0, 0.1) is 31.6 Å². The molecular weight excluding hydrogens is 308 g/mol. The van der Waals surface area contributed by atoms with E-state index in [-0.39, 0.29) is 5.78 Å². The molecule has 1 aromatic rings. The van der Waals surface area contributed by atoms with E-state index in [1.54, 1.807) is 26.8 Å². The number of benzene rings is 1. The molecule has 5 heteroatoms. The van der Waals surface area contributed by atoms with E-state index in [9.17, 15) is 14.4 Å². The first-order valence-electron chi connectivity index (χ1n) is 8.02. The average molecular weight is 332 g/mol. The van der Waals surface area contributed by atoms with Gasteiger partial charge in [0.1, 0.15) is 5.60 Å². The molecule has 3 atom stereocenters. The largest absolute Gasteiger partial charge is 0.468 e. The minimum Gasteiger partial charge on any atom is -0.468 e. The summed E-state index contributed by atoms with van der Waals surface area (Å²) in [6.45, 7) is 9.04. The zero-order valence-electron chi connectivity index (χ0n) is 15.0. The highest BCUT2D eigenvalue weighted by molar-refractivity contribution is 6.02. The van der Waals surface area contributed by atoms with Gasteiger partial charge in [-0.1, -0.05) is 30.7 Å². The van der Waals surface area contributed by atoms with Crippen LogP contribution in [0.5, 0.6) is 0 Å². The van der Waals surface area contributed by atoms with E-state index in [0.29, 0.717) is 5.56 Å². The minimum absolute atomic E-state index is 0.0993. The summed E-state index contributed by atoms with van der Waals surface area (Å²) >= 11 is 0. The first-order valence-corrected chi connectivity index (χ1v) is 8.02. The van der Waals surface area contributed by atoms with Crippen molar-refractivity contribution in [3.8, 4) is 0 Å². The second-order valence-corrected chi connectivity index (χ2v) is 7.02. The van der Waals surface area contributed by atoms with Crippen molar-refractivity contribution in [1.29, 1.82) is 0 Å². The SMILES string of the molecule is COC(=O)[C@@H]1C(=O)OC(C)(C)[C@H]1[C@H](C)C(=O)c1ccc(C)cc1C. The van der Waals surface area contributed by atoms with Gasteiger partial charge in [-0.25, -0.2) is 0 Å². The maximum atomic E-state index is 13.0. The summed E-state index contributed by atoms with van der Waals surface area (Å²) in [5.74, 6) is -3.59. The number of rotatable bonds is 4. The Bertz CT molecular complexity index is 689. The van der Waals surface area contributed by atoms with Gasteiger partial charge in [0.2, 0.25) is 0 Å². The van der Waals surface area contributed by atoms with Gasteiger partial charge < -0.3 is 9.47 Å². The lowest BCUT2D eigenvalue weighted by Gasteiger charge is -2.30. The number of aryl methyl sites for hydroxylation is 2. The van der Waals surface area contributed by atoms with E-state index in [4.69, 9.17) is 9.47 Å². The first kappa shape index (κ1) is 18.2. The smallest absolute Gasteiger partial charge is 0.321 e. The van der Waals surface area contributed by atoms with Crippen molar-refractivity contribution in [2.24, 2.45) is 17.8 Å². The number of methoxy groups -OCH3 is 1. The highest BCUT2D eigenvalue weighted by Crippen LogP contribution is 2.43. The molecule has 24 heavy (non-hydrogen) atoms. The van der Waals surface area contributed by atoms with Gasteiger partial charge in [0, 0.05) is 17.4 Å². The monoisotopic (exact) mass is 332 g/mol. The van der Waals surface area contributed by atoms with Gasteiger partial charge in [-0.2, -0.15) is 0 Å². The van der Waals surface area contributed by atoms with Gasteiger partial charge in [0.15, 0.2) is 11.7 Å². The first-order chi connectivity index (χ1) is 11.1. The Hall–Kier alpha value is -2.17. The van der Waals surface area contributed by atoms with Crippen LogP contribution >= 0.6 is 0 Å². The van der Waals surface area contributed by atoms with Crippen molar-refractivity contribution >= 4 is 17.7 Å². The molecule has 1 aliphatic rings. The van der Waals surface area contributed by atoms with Gasteiger partial charge in [-0.3, -0.25) is 14.4 Å². The van der Waals surface area contributed by atoms with Gasteiger partial charge >= 0.3 is 11.9 Å². The summed E-state index contributed by atoms with van der Waals surface area (Å²) in [6, 6.07) is 5.62. The number of Topliss-reactive ketones (excluding diaryl/α,β-unsaturated/α-hetero) is 1. The Morgan fingerprint density at radius 3 is 2.42 bits per heavy atom. The van der Waals surface area contributed by atoms with Crippen molar-refractivity contribution in [3.05, 3.63) is 34.9 Å². The van der Waals surface area contributed by atoms with Gasteiger partial charge in [-0.05, 0) is 33.3 Å². The molecule has 0 bridgehead atoms. The second-order valence-electron chi connectivity index (χ2n) is 7.02. The lowest BCUT2D eigenvalue weighted by atomic mass is 9.72. The van der Waals surface area contributed by atoms with E-state index >= 15 is 0 Å². The highest BCUT2D eigenvalue weighted by atomic mass is 16.6. The van der Waals surface area contributed by atoms with Crippen LogP contribution in [0.25, 0.3) is 0 Å². The molecule has 0 unspecified atom stereocenters. The van der Waals surface area contributed by atoms with Gasteiger partial charge in [0.05, 0.1) is 7.11 Å². The molecule has 1 heterocycles. The van der Waals surface area contributed by atoms with Gasteiger partial charge in [0.25, 0.3) is 0 Å². The van der Waals surface area contributed by atoms with Crippen LogP contribution < -0.4 is 0 Å². The molecule has 0 radical (unpaired) electrons. The molecule has 5 nitrogen and oxygen atoms in total. The molecular formula is C19H24O5. The molecule has 1 saturated heterocycles. The number of carbonyl (C=O) groups excluding carboxylic acids is 3. The lowest BCUT2D eigenvalue weighted by molar-refractivity contribution is -0.156. The molecule has 1 fully saturated rings. The maximum absolute atomic E-state index is 13.0. The molecule has 0 aliphatic carbocycles. The van der Waals surface area contributed by atoms with Crippen molar-refractivity contribution in [3.63, 3.8) is 0 Å². The van der Waals surface area contributed by atoms with E-state index < -0.39 is 35.3 Å². The molecule has 2 rings (SSSR count). The molecule has 1 aromatic carbocycles. The van der Waals surface area contributed by atoms with E-state index in [0.717, 1.165) is 11.1 Å². The Morgan fingerprint density at radius 1 is 1.25 bits per heavy atom. The predicted molar refractivity (Wildman–Crippen MR) is 88.6 cm³/mol. The third-order valence-electron chi connectivity index (χ3n) is 4.83. The standard InChI is InChI=1S/C19H24O5/c1-10-7-8-13(11(2)9-10)16(20)12(3)15-14(17(21)23-6)18(22)24-19(15,4)5/h7-9,12,14-15H,1-6H3/t12-,14+,15-/m0/s1. The molecule has 0 aromatic heterocycles. The quantitative estimate of drug-likeness (QED) is 0.482. The van der Waals surface area contributed by atoms with Crippen LogP contribution in [-0.2, 0) is 19.1 Å². The predicted octanol–water partition coefficient (Wildman–Crippen LogP) is 2.86. The topological polar surface area (TPSA) is 69.7 Å². The van der Waals surface area contributed by atoms with Crippen LogP contribution in [0.2, 0.25) is 0 Å². The fourth-order valence-corrected chi connectivity index (χ4v) is 3.70. The van der Waals surface area contributed by atoms with E-state index in [1.807, 2.05) is 26.0 Å². The van der Waals surface area contributed by atoms with Crippen LogP contribution in [0.4, 0.5) is 0 Å². The molecule has 1 aliphatic heterocycles. The number of cyclic esters (lactones) is 1. The zero-order valence-corrected chi connectivity index (χ0v) is 15.0. The summed E-state index contributed by atoms with van der Waals surface area (Å²) in [5, 5.41) is 0. The van der Waals surface area contributed by atoms with E-state index in [2.05, 4.69) is 0 Å². The number of ketones is 1. The third kappa shape index (κ3) is 3.07. The summed E-state index contributed by atoms with van der Waals surface area (Å²) in [4.78, 5) is 37.2. The fourth-order valence-electron chi connectivity index (χ4n) is 3.70. The van der Waals surface area contributed by atoms with Crippen LogP contribution in [0.1, 0.15) is 42.3 Å². The van der Waals surface area contributed by atoms with Crippen molar-refractivity contribution in [2.75, 3.05) is 7.11 Å². The molecule has 0 spiro atoms. The van der Waals surface area contributed by atoms with Crippen LogP contribution in [0.3, 0.4) is 0 Å². The van der Waals surface area contributed by atoms with Crippen molar-refractivity contribution in [2.45, 2.75) is 40.2 Å². The highest BCUT2D eigenvalue weighted by Gasteiger charge is 2.57. The number of hydrogen-bond acceptors (Lipinski definition) is 5. The molecule has 0 saturated carbocycles. The minimum atomic E-state index is -1.07. The average Bonchev–Trinajstić information content (AvgIpc) is 2.73. The van der Waals surface area contributed by atoms with E-state index in [1.165, 1.54) is 7.11 Å². The summed E-state index contributed by atoms with van der Waals surface area (Å²) in [6.07, 6.45) is 0. The van der Waals surface area contributed by atoms with Crippen molar-refractivity contribution in [1.82, 2.24) is 0 Å². The number of ether oxygens (including phenoxy) is 2. The third-order valence-corrected chi connectivity index (χ3v) is 4.83. The fraction of sp³-hybridized carbons (Fsp3) is 0.526. The number of hydrogen-bond donors (Lipinski definition) is 0. The maximum Gasteiger partial charge on any atom is 0.321 e. The zero-order chi connectivity index (χ0) is 18.2.